The molecular formula is C17H24BNO3. The van der Waals surface area contributed by atoms with Crippen LogP contribution in [0.1, 0.15) is 43.6 Å². The summed E-state index contributed by atoms with van der Waals surface area (Å²) < 4.78 is 12.1. The lowest BCUT2D eigenvalue weighted by molar-refractivity contribution is 0.00578. The van der Waals surface area contributed by atoms with E-state index in [4.69, 9.17) is 9.31 Å². The van der Waals surface area contributed by atoms with Gasteiger partial charge in [0.05, 0.1) is 11.2 Å². The third kappa shape index (κ3) is 3.26. The molecule has 1 fully saturated rings. The van der Waals surface area contributed by atoms with E-state index in [9.17, 15) is 4.79 Å². The van der Waals surface area contributed by atoms with E-state index in [2.05, 4.69) is 0 Å². The van der Waals surface area contributed by atoms with Gasteiger partial charge >= 0.3 is 7.12 Å². The highest BCUT2D eigenvalue weighted by molar-refractivity contribution is 6.62. The van der Waals surface area contributed by atoms with Crippen molar-refractivity contribution in [3.05, 3.63) is 35.5 Å². The minimum Gasteiger partial charge on any atom is -0.399 e. The van der Waals surface area contributed by atoms with Crippen LogP contribution >= 0.6 is 0 Å². The van der Waals surface area contributed by atoms with E-state index in [1.165, 1.54) is 0 Å². The van der Waals surface area contributed by atoms with E-state index in [-0.39, 0.29) is 11.2 Å². The average molecular weight is 301 g/mol. The molecule has 1 aromatic carbocycles. The van der Waals surface area contributed by atoms with Crippen molar-refractivity contribution in [1.29, 1.82) is 0 Å². The smallest absolute Gasteiger partial charge is 0.399 e. The van der Waals surface area contributed by atoms with Crippen LogP contribution in [0.4, 0.5) is 0 Å². The number of benzene rings is 1. The van der Waals surface area contributed by atoms with Gasteiger partial charge in [-0.1, -0.05) is 18.2 Å². The zero-order chi connectivity index (χ0) is 16.5. The second kappa shape index (κ2) is 5.90. The number of carbonyl (C=O) groups is 1. The molecule has 0 bridgehead atoms. The van der Waals surface area contributed by atoms with Crippen molar-refractivity contribution in [2.45, 2.75) is 38.9 Å². The molecule has 0 amide bonds. The summed E-state index contributed by atoms with van der Waals surface area (Å²) in [6.45, 7) is 8.11. The molecule has 4 nitrogen and oxygen atoms in total. The highest BCUT2D eigenvalue weighted by Crippen LogP contribution is 2.36. The molecule has 0 atom stereocenters. The van der Waals surface area contributed by atoms with Crippen LogP contribution < -0.4 is 5.46 Å². The van der Waals surface area contributed by atoms with Crippen LogP contribution in [0, 0.1) is 0 Å². The van der Waals surface area contributed by atoms with Crippen molar-refractivity contribution in [2.24, 2.45) is 0 Å². The van der Waals surface area contributed by atoms with Gasteiger partial charge in [-0.05, 0) is 51.0 Å². The minimum atomic E-state index is -0.419. The molecule has 1 heterocycles. The molecule has 0 saturated carbocycles. The maximum absolute atomic E-state index is 11.2. The Morgan fingerprint density at radius 3 is 2.14 bits per heavy atom. The number of hydrogen-bond acceptors (Lipinski definition) is 4. The number of nitrogens with zero attached hydrogens (tertiary/aromatic N) is 1. The van der Waals surface area contributed by atoms with Crippen molar-refractivity contribution >= 4 is 24.9 Å². The summed E-state index contributed by atoms with van der Waals surface area (Å²) in [5.74, 6) is 0. The molecule has 1 aliphatic rings. The Labute approximate surface area is 133 Å². The van der Waals surface area contributed by atoms with Crippen molar-refractivity contribution in [1.82, 2.24) is 4.90 Å². The highest BCUT2D eigenvalue weighted by atomic mass is 16.7. The summed E-state index contributed by atoms with van der Waals surface area (Å²) in [7, 11) is 3.46. The predicted molar refractivity (Wildman–Crippen MR) is 90.3 cm³/mol. The summed E-state index contributed by atoms with van der Waals surface area (Å²) >= 11 is 0. The highest BCUT2D eigenvalue weighted by Gasteiger charge is 2.51. The molecule has 1 saturated heterocycles. The van der Waals surface area contributed by atoms with Crippen LogP contribution in [0.3, 0.4) is 0 Å². The average Bonchev–Trinajstić information content (AvgIpc) is 2.64. The molecule has 5 heteroatoms. The van der Waals surface area contributed by atoms with Gasteiger partial charge in [-0.3, -0.25) is 4.79 Å². The second-order valence-electron chi connectivity index (χ2n) is 6.87. The number of carbonyl (C=O) groups excluding carboxylic acids is 1. The molecule has 1 aromatic rings. The Kier molecular flexibility index (Phi) is 4.50. The van der Waals surface area contributed by atoms with Crippen molar-refractivity contribution in [3.63, 3.8) is 0 Å². The van der Waals surface area contributed by atoms with Gasteiger partial charge in [-0.25, -0.2) is 0 Å². The largest absolute Gasteiger partial charge is 0.494 e. The fourth-order valence-electron chi connectivity index (χ4n) is 2.20. The topological polar surface area (TPSA) is 38.8 Å². The zero-order valence-electron chi connectivity index (χ0n) is 14.2. The van der Waals surface area contributed by atoms with Crippen molar-refractivity contribution < 1.29 is 14.1 Å². The van der Waals surface area contributed by atoms with Crippen LogP contribution in [0.25, 0.3) is 6.08 Å². The van der Waals surface area contributed by atoms with Crippen molar-refractivity contribution in [3.8, 4) is 0 Å². The van der Waals surface area contributed by atoms with Gasteiger partial charge in [0.1, 0.15) is 0 Å². The Bertz CT molecular complexity index is 578. The van der Waals surface area contributed by atoms with Gasteiger partial charge in [0, 0.05) is 19.7 Å². The molecule has 118 valence electrons. The van der Waals surface area contributed by atoms with Crippen LogP contribution in [-0.2, 0) is 9.31 Å². The molecule has 22 heavy (non-hydrogen) atoms. The molecule has 2 rings (SSSR count). The molecule has 0 N–H and O–H groups in total. The quantitative estimate of drug-likeness (QED) is 0.632. The van der Waals surface area contributed by atoms with Gasteiger partial charge in [0.2, 0.25) is 0 Å². The third-order valence-electron chi connectivity index (χ3n) is 4.32. The minimum absolute atomic E-state index is 0.374. The monoisotopic (exact) mass is 301 g/mol. The Morgan fingerprint density at radius 2 is 1.64 bits per heavy atom. The van der Waals surface area contributed by atoms with Crippen LogP contribution in [0.15, 0.2) is 24.4 Å². The SMILES string of the molecule is CN(C)/C=C\c1cc(B2OC(C)(C)C(C)(C)O2)ccc1C=O. The lowest BCUT2D eigenvalue weighted by atomic mass is 9.77. The van der Waals surface area contributed by atoms with Gasteiger partial charge in [0.15, 0.2) is 6.29 Å². The Balaban J connectivity index is 2.34. The first-order valence-corrected chi connectivity index (χ1v) is 7.46. The second-order valence-corrected chi connectivity index (χ2v) is 6.87. The Morgan fingerprint density at radius 1 is 1.05 bits per heavy atom. The molecule has 1 aliphatic heterocycles. The first-order chi connectivity index (χ1) is 10.2. The van der Waals surface area contributed by atoms with Crippen LogP contribution in [0.2, 0.25) is 0 Å². The first-order valence-electron chi connectivity index (χ1n) is 7.46. The third-order valence-corrected chi connectivity index (χ3v) is 4.32. The molecular weight excluding hydrogens is 277 g/mol. The van der Waals surface area contributed by atoms with Crippen molar-refractivity contribution in [2.75, 3.05) is 14.1 Å². The summed E-state index contributed by atoms with van der Waals surface area (Å²) in [5.41, 5.74) is 1.68. The first kappa shape index (κ1) is 16.8. The van der Waals surface area contributed by atoms with Crippen LogP contribution in [-0.4, -0.2) is 43.6 Å². The molecule has 0 aliphatic carbocycles. The molecule has 0 unspecified atom stereocenters. The van der Waals surface area contributed by atoms with Gasteiger partial charge in [0.25, 0.3) is 0 Å². The predicted octanol–water partition coefficient (Wildman–Crippen LogP) is 2.33. The van der Waals surface area contributed by atoms with E-state index in [1.807, 2.05) is 77.2 Å². The van der Waals surface area contributed by atoms with E-state index in [0.29, 0.717) is 5.56 Å². The number of aldehydes is 1. The van der Waals surface area contributed by atoms with E-state index in [0.717, 1.165) is 17.3 Å². The zero-order valence-corrected chi connectivity index (χ0v) is 14.2. The summed E-state index contributed by atoms with van der Waals surface area (Å²) in [6.07, 6.45) is 4.69. The normalized spacial score (nSPS) is 19.6. The van der Waals surface area contributed by atoms with Gasteiger partial charge in [-0.15, -0.1) is 0 Å². The lowest BCUT2D eigenvalue weighted by Gasteiger charge is -2.32. The maximum Gasteiger partial charge on any atom is 0.494 e. The molecule has 0 radical (unpaired) electrons. The number of rotatable bonds is 4. The summed E-state index contributed by atoms with van der Waals surface area (Å²) in [4.78, 5) is 13.1. The van der Waals surface area contributed by atoms with Gasteiger partial charge < -0.3 is 14.2 Å². The maximum atomic E-state index is 11.2. The summed E-state index contributed by atoms with van der Waals surface area (Å²) in [5, 5.41) is 0. The molecule has 0 aromatic heterocycles. The summed E-state index contributed by atoms with van der Waals surface area (Å²) in [6, 6.07) is 5.65. The fraction of sp³-hybridized carbons (Fsp3) is 0.471. The standard InChI is InChI=1S/C17H24BNO3/c1-16(2)17(3,4)22-18(21-16)15-8-7-14(12-20)13(11-15)9-10-19(5)6/h7-12H,1-6H3/b10-9-. The van der Waals surface area contributed by atoms with E-state index >= 15 is 0 Å². The number of hydrogen-bond donors (Lipinski definition) is 0. The van der Waals surface area contributed by atoms with E-state index < -0.39 is 7.12 Å². The molecule has 0 spiro atoms. The lowest BCUT2D eigenvalue weighted by Crippen LogP contribution is -2.41. The van der Waals surface area contributed by atoms with Gasteiger partial charge in [-0.2, -0.15) is 0 Å². The fourth-order valence-corrected chi connectivity index (χ4v) is 2.20. The Hall–Kier alpha value is -1.59. The van der Waals surface area contributed by atoms with E-state index in [1.54, 1.807) is 0 Å². The van der Waals surface area contributed by atoms with Crippen LogP contribution in [0.5, 0.6) is 0 Å².